The zero-order valence-corrected chi connectivity index (χ0v) is 29.2. The molecule has 4 aromatic rings. The number of ether oxygens (including phenoxy) is 1. The van der Waals surface area contributed by atoms with Gasteiger partial charge in [0.25, 0.3) is 0 Å². The van der Waals surface area contributed by atoms with Crippen molar-refractivity contribution < 1.29 is 19.4 Å². The Labute approximate surface area is 290 Å². The van der Waals surface area contributed by atoms with Crippen LogP contribution in [-0.4, -0.2) is 23.3 Å². The number of hydrogen-bond donors (Lipinski definition) is 1. The molecule has 6 rings (SSSR count). The molecule has 0 bridgehead atoms. The van der Waals surface area contributed by atoms with Gasteiger partial charge >= 0.3 is 0 Å². The monoisotopic (exact) mass is 660 g/mol. The van der Waals surface area contributed by atoms with Crippen LogP contribution in [0.3, 0.4) is 0 Å². The normalized spacial score (nSPS) is 17.2. The highest BCUT2D eigenvalue weighted by molar-refractivity contribution is 7.99. The summed E-state index contributed by atoms with van der Waals surface area (Å²) in [5, 5.41) is 11.3. The van der Waals surface area contributed by atoms with E-state index in [9.17, 15) is 14.7 Å². The van der Waals surface area contributed by atoms with Crippen LogP contribution in [0.1, 0.15) is 134 Å². The van der Waals surface area contributed by atoms with Crippen molar-refractivity contribution >= 4 is 23.3 Å². The number of ketones is 2. The molecule has 1 fully saturated rings. The molecule has 0 heterocycles. The van der Waals surface area contributed by atoms with Crippen LogP contribution < -0.4 is 4.74 Å². The van der Waals surface area contributed by atoms with Crippen molar-refractivity contribution in [2.75, 3.05) is 6.61 Å². The number of hydrogen-bond acceptors (Lipinski definition) is 5. The summed E-state index contributed by atoms with van der Waals surface area (Å²) in [6, 6.07) is 26.0. The molecule has 4 aromatic carbocycles. The minimum Gasteiger partial charge on any atom is -0.504 e. The molecular formula is C43H48O4S. The number of fused-ring (bicyclic) bond motifs is 2. The van der Waals surface area contributed by atoms with Crippen LogP contribution in [0, 0.1) is 5.92 Å². The van der Waals surface area contributed by atoms with Gasteiger partial charge < -0.3 is 9.84 Å². The van der Waals surface area contributed by atoms with Gasteiger partial charge in [0.1, 0.15) is 0 Å². The first-order valence-electron chi connectivity index (χ1n) is 18.1. The van der Waals surface area contributed by atoms with Crippen LogP contribution in [0.5, 0.6) is 11.5 Å². The summed E-state index contributed by atoms with van der Waals surface area (Å²) in [6.07, 6.45) is 14.9. The summed E-state index contributed by atoms with van der Waals surface area (Å²) in [7, 11) is 0. The fourth-order valence-corrected chi connectivity index (χ4v) is 8.37. The number of rotatable bonds is 14. The molecule has 0 amide bonds. The Morgan fingerprint density at radius 1 is 0.708 bits per heavy atom. The number of benzene rings is 4. The van der Waals surface area contributed by atoms with Crippen LogP contribution in [0.25, 0.3) is 11.1 Å². The second-order valence-electron chi connectivity index (χ2n) is 13.5. The first-order chi connectivity index (χ1) is 23.5. The van der Waals surface area contributed by atoms with E-state index in [1.165, 1.54) is 74.3 Å². The molecule has 0 aromatic heterocycles. The van der Waals surface area contributed by atoms with Gasteiger partial charge in [0.15, 0.2) is 23.1 Å². The topological polar surface area (TPSA) is 63.6 Å². The van der Waals surface area contributed by atoms with Crippen molar-refractivity contribution in [1.29, 1.82) is 0 Å². The zero-order chi connectivity index (χ0) is 33.5. The molecule has 0 radical (unpaired) electrons. The summed E-state index contributed by atoms with van der Waals surface area (Å²) in [4.78, 5) is 29.0. The highest BCUT2D eigenvalue weighted by Crippen LogP contribution is 2.46. The Bertz CT molecular complexity index is 1720. The van der Waals surface area contributed by atoms with E-state index in [2.05, 4.69) is 62.4 Å². The van der Waals surface area contributed by atoms with E-state index in [4.69, 9.17) is 4.74 Å². The Kier molecular flexibility index (Phi) is 11.4. The molecule has 2 aliphatic carbocycles. The summed E-state index contributed by atoms with van der Waals surface area (Å²) in [5.74, 6) is 0.971. The predicted octanol–water partition coefficient (Wildman–Crippen LogP) is 11.8. The predicted molar refractivity (Wildman–Crippen MR) is 196 cm³/mol. The Hall–Kier alpha value is -3.83. The van der Waals surface area contributed by atoms with E-state index in [0.29, 0.717) is 28.5 Å². The highest BCUT2D eigenvalue weighted by Gasteiger charge is 2.36. The van der Waals surface area contributed by atoms with Gasteiger partial charge in [-0.2, -0.15) is 0 Å². The van der Waals surface area contributed by atoms with Crippen molar-refractivity contribution in [2.24, 2.45) is 5.92 Å². The molecule has 1 saturated carbocycles. The quantitative estimate of drug-likeness (QED) is 0.120. The lowest BCUT2D eigenvalue weighted by Crippen LogP contribution is -2.22. The van der Waals surface area contributed by atoms with E-state index in [0.717, 1.165) is 42.1 Å². The zero-order valence-electron chi connectivity index (χ0n) is 28.4. The minimum atomic E-state index is -0.352. The number of unbranched alkanes of at least 4 members (excludes halogenated alkanes) is 5. The first-order valence-corrected chi connectivity index (χ1v) is 18.9. The third-order valence-corrected chi connectivity index (χ3v) is 11.3. The van der Waals surface area contributed by atoms with Crippen molar-refractivity contribution in [3.8, 4) is 22.6 Å². The summed E-state index contributed by atoms with van der Waals surface area (Å²) < 4.78 is 6.03. The van der Waals surface area contributed by atoms with Crippen LogP contribution in [0.15, 0.2) is 88.7 Å². The van der Waals surface area contributed by atoms with E-state index in [1.54, 1.807) is 30.3 Å². The Morgan fingerprint density at radius 2 is 1.31 bits per heavy atom. The van der Waals surface area contributed by atoms with Gasteiger partial charge in [-0.05, 0) is 78.8 Å². The lowest BCUT2D eigenvalue weighted by atomic mass is 9.77. The van der Waals surface area contributed by atoms with E-state index < -0.39 is 0 Å². The lowest BCUT2D eigenvalue weighted by molar-refractivity contribution is 0.0973. The maximum absolute atomic E-state index is 13.8. The van der Waals surface area contributed by atoms with Gasteiger partial charge in [-0.1, -0.05) is 131 Å². The third-order valence-electron chi connectivity index (χ3n) is 10.2. The fraction of sp³-hybridized carbons (Fsp3) is 0.395. The van der Waals surface area contributed by atoms with Gasteiger partial charge in [-0.25, -0.2) is 0 Å². The second kappa shape index (κ2) is 16.0. The van der Waals surface area contributed by atoms with Crippen LogP contribution in [0.4, 0.5) is 0 Å². The van der Waals surface area contributed by atoms with Gasteiger partial charge in [-0.3, -0.25) is 9.59 Å². The van der Waals surface area contributed by atoms with Crippen molar-refractivity contribution in [1.82, 2.24) is 0 Å². The maximum Gasteiger partial charge on any atom is 0.198 e. The third kappa shape index (κ3) is 7.57. The summed E-state index contributed by atoms with van der Waals surface area (Å²) >= 11 is 1.42. The standard InChI is InChI=1S/C43H48O4S/c1-3-5-7-11-27-47-37-28-38(39-40(43(37)46)42(45)36-14-10-9-13-35(36)41(39)44)48-34-25-23-33(24-26-34)32-21-19-31(20-22-32)30-17-15-29(16-18-30)12-8-6-4-2/h9-10,13-14,19-26,28-30,46H,3-8,11-12,15-18,27H2,1-2H3. The number of phenols is 1. The number of carbonyl (C=O) groups excluding carboxylic acids is 2. The van der Waals surface area contributed by atoms with E-state index in [1.807, 2.05) is 0 Å². The van der Waals surface area contributed by atoms with E-state index >= 15 is 0 Å². The van der Waals surface area contributed by atoms with Gasteiger partial charge in [-0.15, -0.1) is 0 Å². The molecular weight excluding hydrogens is 613 g/mol. The van der Waals surface area contributed by atoms with Crippen LogP contribution in [-0.2, 0) is 0 Å². The van der Waals surface area contributed by atoms with Gasteiger partial charge in [0.2, 0.25) is 0 Å². The molecule has 0 atom stereocenters. The van der Waals surface area contributed by atoms with E-state index in [-0.39, 0.29) is 34.2 Å². The lowest BCUT2D eigenvalue weighted by Gasteiger charge is -2.29. The second-order valence-corrected chi connectivity index (χ2v) is 14.7. The van der Waals surface area contributed by atoms with Gasteiger partial charge in [0.05, 0.1) is 17.7 Å². The maximum atomic E-state index is 13.8. The van der Waals surface area contributed by atoms with Crippen LogP contribution in [0.2, 0.25) is 0 Å². The molecule has 0 unspecified atom stereocenters. The summed E-state index contributed by atoms with van der Waals surface area (Å²) in [6.45, 7) is 4.87. The van der Waals surface area contributed by atoms with Gasteiger partial charge in [0, 0.05) is 20.9 Å². The molecule has 4 nitrogen and oxygen atoms in total. The summed E-state index contributed by atoms with van der Waals surface area (Å²) in [5.41, 5.74) is 4.73. The minimum absolute atomic E-state index is 0.0361. The molecule has 48 heavy (non-hydrogen) atoms. The molecule has 0 spiro atoms. The number of aromatic hydroxyl groups is 1. The Balaban J connectivity index is 1.19. The largest absolute Gasteiger partial charge is 0.504 e. The molecule has 5 heteroatoms. The SMILES string of the molecule is CCCCCCOc1cc(Sc2ccc(-c3ccc(C4CCC(CCCCC)CC4)cc3)cc2)c2c(c1O)C(=O)c1ccccc1C2=O. The fourth-order valence-electron chi connectivity index (χ4n) is 7.38. The number of carbonyl (C=O) groups is 2. The molecule has 250 valence electrons. The average molecular weight is 661 g/mol. The molecule has 2 aliphatic rings. The number of phenolic OH excluding ortho intramolecular Hbond substituents is 1. The smallest absolute Gasteiger partial charge is 0.198 e. The van der Waals surface area contributed by atoms with Crippen molar-refractivity contribution in [2.45, 2.75) is 107 Å². The van der Waals surface area contributed by atoms with Crippen LogP contribution >= 0.6 is 11.8 Å². The molecule has 0 saturated heterocycles. The first kappa shape index (κ1) is 34.0. The van der Waals surface area contributed by atoms with Crippen molar-refractivity contribution in [3.05, 3.63) is 107 Å². The molecule has 0 aliphatic heterocycles. The highest BCUT2D eigenvalue weighted by atomic mass is 32.2. The average Bonchev–Trinajstić information content (AvgIpc) is 3.12. The molecule has 1 N–H and O–H groups in total. The van der Waals surface area contributed by atoms with Crippen molar-refractivity contribution in [3.63, 3.8) is 0 Å². The Morgan fingerprint density at radius 3 is 1.96 bits per heavy atom.